The Morgan fingerprint density at radius 2 is 1.78 bits per heavy atom. The molecule has 0 saturated carbocycles. The molecule has 0 atom stereocenters. The summed E-state index contributed by atoms with van der Waals surface area (Å²) in [5, 5.41) is 1.94. The molecule has 0 unspecified atom stereocenters. The van der Waals surface area contributed by atoms with Crippen molar-refractivity contribution in [1.29, 1.82) is 0 Å². The van der Waals surface area contributed by atoms with Crippen LogP contribution in [0.4, 0.5) is 24.0 Å². The predicted octanol–water partition coefficient (Wildman–Crippen LogP) is 4.55. The molecule has 3 aromatic rings. The number of carbonyl (C=O) groups is 1. The lowest BCUT2D eigenvalue weighted by Gasteiger charge is -2.36. The van der Waals surface area contributed by atoms with E-state index in [0.717, 1.165) is 29.0 Å². The molecule has 1 N–H and O–H groups in total. The van der Waals surface area contributed by atoms with Crippen molar-refractivity contribution in [2.75, 3.05) is 35.8 Å². The standard InChI is InChI=1S/C24H25F3N4O3S2/c1-17-5-8-21(9-6-17)36(33,34)29-23-28-19(16-35-23)7-10-22(32)31-13-11-30(12-14-31)20-4-2-3-18(15-20)24(25,26)27/h2-6,8-9,15-16H,7,10-14H2,1H3,(H,28,29). The van der Waals surface area contributed by atoms with Crippen LogP contribution in [0.5, 0.6) is 0 Å². The minimum Gasteiger partial charge on any atom is -0.368 e. The summed E-state index contributed by atoms with van der Waals surface area (Å²) in [5.41, 5.74) is 1.35. The van der Waals surface area contributed by atoms with E-state index in [0.29, 0.717) is 44.0 Å². The van der Waals surface area contributed by atoms with Gasteiger partial charge in [0.05, 0.1) is 16.2 Å². The Hall–Kier alpha value is -3.12. The van der Waals surface area contributed by atoms with E-state index < -0.39 is 21.8 Å². The fraction of sp³-hybridized carbons (Fsp3) is 0.333. The van der Waals surface area contributed by atoms with Gasteiger partial charge in [0.1, 0.15) is 0 Å². The van der Waals surface area contributed by atoms with Gasteiger partial charge in [-0.1, -0.05) is 23.8 Å². The topological polar surface area (TPSA) is 82.6 Å². The molecule has 1 fully saturated rings. The lowest BCUT2D eigenvalue weighted by atomic mass is 10.1. The van der Waals surface area contributed by atoms with Gasteiger partial charge in [0.25, 0.3) is 10.0 Å². The smallest absolute Gasteiger partial charge is 0.368 e. The zero-order valence-corrected chi connectivity index (χ0v) is 21.1. The Balaban J connectivity index is 1.27. The average Bonchev–Trinajstić information content (AvgIpc) is 3.29. The largest absolute Gasteiger partial charge is 0.416 e. The number of carbonyl (C=O) groups excluding carboxylic acids is 1. The number of aromatic nitrogens is 1. The van der Waals surface area contributed by atoms with E-state index in [1.165, 1.54) is 18.2 Å². The van der Waals surface area contributed by atoms with Crippen molar-refractivity contribution >= 4 is 38.1 Å². The van der Waals surface area contributed by atoms with Gasteiger partial charge in [-0.25, -0.2) is 13.4 Å². The van der Waals surface area contributed by atoms with Gasteiger partial charge in [-0.15, -0.1) is 11.3 Å². The maximum absolute atomic E-state index is 13.0. The Morgan fingerprint density at radius 1 is 1.08 bits per heavy atom. The SMILES string of the molecule is Cc1ccc(S(=O)(=O)Nc2nc(CCC(=O)N3CCN(c4cccc(C(F)(F)F)c4)CC3)cs2)cc1. The number of rotatable bonds is 7. The van der Waals surface area contributed by atoms with Gasteiger partial charge in [0.15, 0.2) is 5.13 Å². The molecule has 1 saturated heterocycles. The summed E-state index contributed by atoms with van der Waals surface area (Å²) in [6.45, 7) is 3.57. The van der Waals surface area contributed by atoms with E-state index >= 15 is 0 Å². The highest BCUT2D eigenvalue weighted by Gasteiger charge is 2.31. The number of anilines is 2. The van der Waals surface area contributed by atoms with Crippen LogP contribution in [0.2, 0.25) is 0 Å². The fourth-order valence-electron chi connectivity index (χ4n) is 3.85. The fourth-order valence-corrected chi connectivity index (χ4v) is 5.84. The average molecular weight is 539 g/mol. The van der Waals surface area contributed by atoms with Crippen molar-refractivity contribution in [2.45, 2.75) is 30.8 Å². The molecular formula is C24H25F3N4O3S2. The monoisotopic (exact) mass is 538 g/mol. The van der Waals surface area contributed by atoms with Crippen molar-refractivity contribution in [3.63, 3.8) is 0 Å². The molecule has 1 aliphatic heterocycles. The van der Waals surface area contributed by atoms with E-state index in [1.54, 1.807) is 28.5 Å². The number of benzene rings is 2. The zero-order valence-electron chi connectivity index (χ0n) is 19.5. The summed E-state index contributed by atoms with van der Waals surface area (Å²) in [5.74, 6) is -0.0755. The number of piperazine rings is 1. The number of nitrogens with one attached hydrogen (secondary N) is 1. The first-order chi connectivity index (χ1) is 17.0. The number of sulfonamides is 1. The van der Waals surface area contributed by atoms with Gasteiger partial charge >= 0.3 is 6.18 Å². The molecule has 1 amide bonds. The number of nitrogens with zero attached hydrogens (tertiary/aromatic N) is 3. The third-order valence-electron chi connectivity index (χ3n) is 5.87. The van der Waals surface area contributed by atoms with E-state index in [2.05, 4.69) is 9.71 Å². The lowest BCUT2D eigenvalue weighted by molar-refractivity contribution is -0.137. The van der Waals surface area contributed by atoms with E-state index in [1.807, 2.05) is 11.8 Å². The summed E-state index contributed by atoms with van der Waals surface area (Å²) in [4.78, 5) is 20.6. The van der Waals surface area contributed by atoms with Gasteiger partial charge < -0.3 is 9.80 Å². The number of hydrogen-bond donors (Lipinski definition) is 1. The van der Waals surface area contributed by atoms with Crippen LogP contribution in [-0.4, -0.2) is 50.4 Å². The number of amides is 1. The highest BCUT2D eigenvalue weighted by atomic mass is 32.2. The Morgan fingerprint density at radius 3 is 2.44 bits per heavy atom. The molecule has 12 heteroatoms. The summed E-state index contributed by atoms with van der Waals surface area (Å²) >= 11 is 1.15. The van der Waals surface area contributed by atoms with Crippen molar-refractivity contribution < 1.29 is 26.4 Å². The molecule has 0 spiro atoms. The van der Waals surface area contributed by atoms with E-state index in [-0.39, 0.29) is 22.4 Å². The highest BCUT2D eigenvalue weighted by Crippen LogP contribution is 2.32. The van der Waals surface area contributed by atoms with E-state index in [4.69, 9.17) is 0 Å². The van der Waals surface area contributed by atoms with Gasteiger partial charge in [-0.05, 0) is 43.7 Å². The Labute approximate surface area is 211 Å². The van der Waals surface area contributed by atoms with Crippen LogP contribution in [-0.2, 0) is 27.4 Å². The van der Waals surface area contributed by atoms with Crippen LogP contribution >= 0.6 is 11.3 Å². The van der Waals surface area contributed by atoms with Crippen molar-refractivity contribution in [3.05, 3.63) is 70.7 Å². The van der Waals surface area contributed by atoms with Gasteiger partial charge in [0, 0.05) is 43.7 Å². The predicted molar refractivity (Wildman–Crippen MR) is 133 cm³/mol. The Bertz CT molecular complexity index is 1320. The maximum Gasteiger partial charge on any atom is 0.416 e. The second kappa shape index (κ2) is 10.5. The second-order valence-corrected chi connectivity index (χ2v) is 11.0. The summed E-state index contributed by atoms with van der Waals surface area (Å²) in [7, 11) is -3.75. The van der Waals surface area contributed by atoms with E-state index in [9.17, 15) is 26.4 Å². The molecule has 7 nitrogen and oxygen atoms in total. The van der Waals surface area contributed by atoms with Crippen LogP contribution in [0, 0.1) is 6.92 Å². The van der Waals surface area contributed by atoms with Gasteiger partial charge in [-0.3, -0.25) is 9.52 Å². The number of hydrogen-bond acceptors (Lipinski definition) is 6. The molecule has 1 aliphatic rings. The molecule has 36 heavy (non-hydrogen) atoms. The molecule has 1 aromatic heterocycles. The number of aryl methyl sites for hydroxylation is 2. The third-order valence-corrected chi connectivity index (χ3v) is 8.16. The molecule has 2 aromatic carbocycles. The molecule has 4 rings (SSSR count). The second-order valence-electron chi connectivity index (χ2n) is 8.48. The number of thiazole rings is 1. The molecular weight excluding hydrogens is 513 g/mol. The first-order valence-corrected chi connectivity index (χ1v) is 13.6. The molecule has 0 aliphatic carbocycles. The summed E-state index contributed by atoms with van der Waals surface area (Å²) < 4.78 is 66.5. The lowest BCUT2D eigenvalue weighted by Crippen LogP contribution is -2.48. The van der Waals surface area contributed by atoms with Crippen LogP contribution in [0.3, 0.4) is 0 Å². The minimum absolute atomic E-state index is 0.0755. The third kappa shape index (κ3) is 6.35. The van der Waals surface area contributed by atoms with Crippen LogP contribution < -0.4 is 9.62 Å². The van der Waals surface area contributed by atoms with Crippen LogP contribution in [0.25, 0.3) is 0 Å². The minimum atomic E-state index is -4.40. The normalized spacial score (nSPS) is 14.7. The molecule has 192 valence electrons. The molecule has 2 heterocycles. The number of halogens is 3. The van der Waals surface area contributed by atoms with Gasteiger partial charge in [0.2, 0.25) is 5.91 Å². The quantitative estimate of drug-likeness (QED) is 0.477. The summed E-state index contributed by atoms with van der Waals surface area (Å²) in [6.07, 6.45) is -3.84. The first-order valence-electron chi connectivity index (χ1n) is 11.3. The summed E-state index contributed by atoms with van der Waals surface area (Å²) in [6, 6.07) is 11.7. The van der Waals surface area contributed by atoms with Crippen LogP contribution in [0.15, 0.2) is 58.8 Å². The van der Waals surface area contributed by atoms with Crippen molar-refractivity contribution in [1.82, 2.24) is 9.88 Å². The Kier molecular flexibility index (Phi) is 7.55. The first kappa shape index (κ1) is 26.0. The molecule has 0 radical (unpaired) electrons. The highest BCUT2D eigenvalue weighted by molar-refractivity contribution is 7.93. The van der Waals surface area contributed by atoms with Crippen molar-refractivity contribution in [3.8, 4) is 0 Å². The molecule has 0 bridgehead atoms. The zero-order chi connectivity index (χ0) is 25.9. The van der Waals surface area contributed by atoms with Crippen molar-refractivity contribution in [2.24, 2.45) is 0 Å². The number of alkyl halides is 3. The van der Waals surface area contributed by atoms with Crippen LogP contribution in [0.1, 0.15) is 23.2 Å². The maximum atomic E-state index is 13.0. The van der Waals surface area contributed by atoms with Gasteiger partial charge in [-0.2, -0.15) is 13.2 Å².